The van der Waals surface area contributed by atoms with Gasteiger partial charge in [-0.05, 0) is 108 Å². The minimum Gasteiger partial charge on any atom is -0.355 e. The van der Waals surface area contributed by atoms with Crippen LogP contribution in [0.25, 0.3) is 45.4 Å². The fourth-order valence-electron chi connectivity index (χ4n) is 7.16. The molecule has 0 fully saturated rings. The molecule has 3 aromatic rings. The first-order valence-corrected chi connectivity index (χ1v) is 18.3. The summed E-state index contributed by atoms with van der Waals surface area (Å²) in [6.07, 6.45) is 5.72. The molecule has 276 valence electrons. The Morgan fingerprint density at radius 2 is 1.31 bits per heavy atom. The minimum absolute atomic E-state index is 0.00823. The van der Waals surface area contributed by atoms with Gasteiger partial charge in [0.15, 0.2) is 0 Å². The number of amides is 2. The number of carbonyl (C=O) groups is 2. The van der Waals surface area contributed by atoms with Gasteiger partial charge in [-0.3, -0.25) is 14.6 Å². The first-order chi connectivity index (χ1) is 24.8. The zero-order valence-electron chi connectivity index (χ0n) is 32.3. The fourth-order valence-corrected chi connectivity index (χ4v) is 7.16. The van der Waals surface area contributed by atoms with Gasteiger partial charge < -0.3 is 30.4 Å². The second-order valence-corrected chi connectivity index (χ2v) is 14.7. The molecular formula is C42H56N8O2. The van der Waals surface area contributed by atoms with Gasteiger partial charge >= 0.3 is 0 Å². The van der Waals surface area contributed by atoms with E-state index in [1.165, 1.54) is 0 Å². The lowest BCUT2D eigenvalue weighted by molar-refractivity contribution is -0.122. The smallest absolute Gasteiger partial charge is 0.220 e. The Labute approximate surface area is 308 Å². The van der Waals surface area contributed by atoms with Crippen molar-refractivity contribution in [2.45, 2.75) is 65.2 Å². The van der Waals surface area contributed by atoms with E-state index in [0.29, 0.717) is 38.8 Å². The zero-order valence-corrected chi connectivity index (χ0v) is 32.3. The van der Waals surface area contributed by atoms with Crippen LogP contribution in [0, 0.1) is 13.8 Å². The third-order valence-corrected chi connectivity index (χ3v) is 10.4. The topological polar surface area (TPSA) is 122 Å². The Balaban J connectivity index is 1.68. The first-order valence-electron chi connectivity index (χ1n) is 18.3. The van der Waals surface area contributed by atoms with Crippen molar-refractivity contribution in [3.05, 3.63) is 82.5 Å². The molecule has 10 nitrogen and oxygen atoms in total. The quantitative estimate of drug-likeness (QED) is 0.144. The van der Waals surface area contributed by atoms with Crippen molar-refractivity contribution in [2.75, 3.05) is 54.4 Å². The molecule has 2 aliphatic rings. The Morgan fingerprint density at radius 1 is 0.750 bits per heavy atom. The largest absolute Gasteiger partial charge is 0.355 e. The van der Waals surface area contributed by atoms with Crippen LogP contribution >= 0.6 is 0 Å². The van der Waals surface area contributed by atoms with Crippen LogP contribution in [0.1, 0.15) is 96.4 Å². The number of aromatic amines is 2. The summed E-state index contributed by atoms with van der Waals surface area (Å²) in [6.45, 7) is 19.5. The molecule has 4 N–H and O–H groups in total. The van der Waals surface area contributed by atoms with E-state index in [4.69, 9.17) is 9.97 Å². The second-order valence-electron chi connectivity index (χ2n) is 14.7. The molecule has 5 rings (SSSR count). The highest BCUT2D eigenvalue weighted by Crippen LogP contribution is 2.41. The molecule has 3 aromatic heterocycles. The Bertz CT molecular complexity index is 2050. The summed E-state index contributed by atoms with van der Waals surface area (Å²) in [5, 5.41) is 6.12. The van der Waals surface area contributed by atoms with Crippen LogP contribution < -0.4 is 10.6 Å². The van der Waals surface area contributed by atoms with Gasteiger partial charge in [-0.15, -0.1) is 0 Å². The number of fused-ring (bicyclic) bond motifs is 8. The maximum absolute atomic E-state index is 13.0. The predicted molar refractivity (Wildman–Crippen MR) is 216 cm³/mol. The summed E-state index contributed by atoms with van der Waals surface area (Å²) in [4.78, 5) is 47.8. The lowest BCUT2D eigenvalue weighted by atomic mass is 9.87. The molecule has 2 amide bonds. The Hall–Kier alpha value is -4.80. The number of rotatable bonds is 14. The molecule has 2 unspecified atom stereocenters. The molecule has 52 heavy (non-hydrogen) atoms. The van der Waals surface area contributed by atoms with E-state index in [2.05, 4.69) is 95.5 Å². The molecule has 2 atom stereocenters. The van der Waals surface area contributed by atoms with Gasteiger partial charge in [-0.2, -0.15) is 0 Å². The molecule has 0 radical (unpaired) electrons. The maximum Gasteiger partial charge on any atom is 0.220 e. The zero-order chi connectivity index (χ0) is 37.7. The van der Waals surface area contributed by atoms with Crippen molar-refractivity contribution < 1.29 is 9.59 Å². The number of H-pyrrole nitrogens is 2. The third-order valence-electron chi connectivity index (χ3n) is 10.4. The maximum atomic E-state index is 13.0. The first kappa shape index (κ1) is 38.4. The van der Waals surface area contributed by atoms with E-state index in [1.54, 1.807) is 0 Å². The lowest BCUT2D eigenvalue weighted by Gasteiger charge is -2.16. The number of hydrogen-bond acceptors (Lipinski definition) is 6. The number of nitrogens with zero attached hydrogens (tertiary/aromatic N) is 4. The van der Waals surface area contributed by atoms with Gasteiger partial charge in [0.1, 0.15) is 0 Å². The van der Waals surface area contributed by atoms with Crippen molar-refractivity contribution in [1.82, 2.24) is 40.4 Å². The van der Waals surface area contributed by atoms with Crippen molar-refractivity contribution in [1.29, 1.82) is 0 Å². The van der Waals surface area contributed by atoms with Crippen LogP contribution in [0.2, 0.25) is 0 Å². The number of aryl methyl sites for hydroxylation is 2. The van der Waals surface area contributed by atoms with Gasteiger partial charge in [-0.1, -0.05) is 32.2 Å². The summed E-state index contributed by atoms with van der Waals surface area (Å²) in [7, 11) is 7.98. The fraction of sp³-hybridized carbons (Fsp3) is 0.429. The summed E-state index contributed by atoms with van der Waals surface area (Å²) < 4.78 is 0. The molecule has 0 aliphatic carbocycles. The molecule has 0 aromatic carbocycles. The van der Waals surface area contributed by atoms with E-state index in [1.807, 2.05) is 40.3 Å². The predicted octanol–water partition coefficient (Wildman–Crippen LogP) is 6.95. The van der Waals surface area contributed by atoms with E-state index >= 15 is 0 Å². The lowest BCUT2D eigenvalue weighted by Crippen LogP contribution is -2.31. The Morgan fingerprint density at radius 3 is 1.88 bits per heavy atom. The summed E-state index contributed by atoms with van der Waals surface area (Å²) in [5.41, 5.74) is 13.6. The van der Waals surface area contributed by atoms with E-state index in [9.17, 15) is 9.59 Å². The number of nitrogens with one attached hydrogen (secondary N) is 4. The highest BCUT2D eigenvalue weighted by molar-refractivity contribution is 5.94. The number of aromatic nitrogens is 4. The molecule has 2 aliphatic heterocycles. The van der Waals surface area contributed by atoms with Crippen molar-refractivity contribution in [2.24, 2.45) is 0 Å². The third kappa shape index (κ3) is 8.62. The van der Waals surface area contributed by atoms with Crippen LogP contribution in [0.5, 0.6) is 0 Å². The summed E-state index contributed by atoms with van der Waals surface area (Å²) in [6, 6.07) is 8.45. The monoisotopic (exact) mass is 704 g/mol. The van der Waals surface area contributed by atoms with Crippen LogP contribution in [0.15, 0.2) is 37.4 Å². The number of hydrogen-bond donors (Lipinski definition) is 4. The SMILES string of the molecule is C=Cc1c(C)c2cc3[nH]c(cc4nc(cc5nc(cc1[nH]2)C(C)=C5CCC(=O)NCCN(C)C)C(CCC(=O)NCCN(C)C)C4C)c(C)c3C=C. The normalized spacial score (nSPS) is 15.7. The highest BCUT2D eigenvalue weighted by atomic mass is 16.2. The van der Waals surface area contributed by atoms with Crippen molar-refractivity contribution in [3.63, 3.8) is 0 Å². The van der Waals surface area contributed by atoms with Gasteiger partial charge in [0, 0.05) is 95.4 Å². The number of likely N-dealkylation sites (N-methyl/N-ethyl adjacent to an activating group) is 2. The molecule has 5 heterocycles. The minimum atomic E-state index is 0.00823. The van der Waals surface area contributed by atoms with Crippen LogP contribution in [-0.4, -0.2) is 95.9 Å². The number of allylic oxidation sites excluding steroid dienone is 2. The van der Waals surface area contributed by atoms with Gasteiger partial charge in [0.25, 0.3) is 0 Å². The van der Waals surface area contributed by atoms with Gasteiger partial charge in [0.2, 0.25) is 11.8 Å². The molecule has 0 saturated heterocycles. The summed E-state index contributed by atoms with van der Waals surface area (Å²) in [5.74, 6) is 0.128. The molecular weight excluding hydrogens is 649 g/mol. The van der Waals surface area contributed by atoms with Gasteiger partial charge in [0.05, 0.1) is 11.4 Å². The van der Waals surface area contributed by atoms with E-state index < -0.39 is 0 Å². The highest BCUT2D eigenvalue weighted by Gasteiger charge is 2.30. The second kappa shape index (κ2) is 16.7. The number of carbonyl (C=O) groups excluding carboxylic acids is 2. The molecule has 8 bridgehead atoms. The van der Waals surface area contributed by atoms with Crippen LogP contribution in [-0.2, 0) is 9.59 Å². The standard InChI is InChI=1S/C42H56N8O2/c1-11-29-25(3)33-21-34-27(5)31(13-15-41(51)43-17-19-49(7)8)39(47-34)24-40-32(14-16-42(52)44-18-20-50(9)10)28(6)36(48-40)23-38-30(12-2)26(4)35(46-38)22-37(29)45-33/h11-12,21-24,27,31,45-46H,1-2,13-20H2,3-10H3,(H,43,51)(H,44,52). The Kier molecular flexibility index (Phi) is 12.3. The van der Waals surface area contributed by atoms with Crippen molar-refractivity contribution >= 4 is 57.2 Å². The van der Waals surface area contributed by atoms with E-state index in [-0.39, 0.29) is 23.7 Å². The average molecular weight is 705 g/mol. The average Bonchev–Trinajstić information content (AvgIpc) is 3.75. The molecule has 10 heteroatoms. The van der Waals surface area contributed by atoms with Gasteiger partial charge in [-0.25, -0.2) is 4.98 Å². The molecule has 0 spiro atoms. The van der Waals surface area contributed by atoms with Crippen LogP contribution in [0.3, 0.4) is 0 Å². The molecule has 0 saturated carbocycles. The van der Waals surface area contributed by atoms with E-state index in [0.717, 1.165) is 91.3 Å². The van der Waals surface area contributed by atoms with Crippen molar-refractivity contribution in [3.8, 4) is 0 Å². The summed E-state index contributed by atoms with van der Waals surface area (Å²) >= 11 is 0. The van der Waals surface area contributed by atoms with Crippen LogP contribution in [0.4, 0.5) is 0 Å².